The fourth-order valence-corrected chi connectivity index (χ4v) is 3.64. The van der Waals surface area contributed by atoms with E-state index in [4.69, 9.17) is 11.6 Å². The maximum absolute atomic E-state index is 12.3. The molecule has 0 amide bonds. The molecule has 1 rings (SSSR count). The van der Waals surface area contributed by atoms with Gasteiger partial charge in [0.2, 0.25) is 10.0 Å². The number of aliphatic hydroxyl groups excluding tert-OH is 1. The second-order valence-electron chi connectivity index (χ2n) is 5.28. The Morgan fingerprint density at radius 3 is 2.55 bits per heavy atom. The van der Waals surface area contributed by atoms with Crippen LogP contribution in [0.1, 0.15) is 37.8 Å². The minimum Gasteiger partial charge on any atom is -0.392 e. The Morgan fingerprint density at radius 1 is 1.35 bits per heavy atom. The van der Waals surface area contributed by atoms with Crippen LogP contribution in [0.2, 0.25) is 5.02 Å². The lowest BCUT2D eigenvalue weighted by Crippen LogP contribution is -2.26. The molecule has 0 saturated carbocycles. The van der Waals surface area contributed by atoms with Crippen LogP contribution in [0.3, 0.4) is 0 Å². The summed E-state index contributed by atoms with van der Waals surface area (Å²) in [4.78, 5) is 0.138. The molecule has 0 aromatic heterocycles. The lowest BCUT2D eigenvalue weighted by atomic mass is 10.1. The largest absolute Gasteiger partial charge is 0.392 e. The molecule has 0 saturated heterocycles. The molecule has 0 fully saturated rings. The van der Waals surface area contributed by atoms with E-state index in [2.05, 4.69) is 18.6 Å². The first kappa shape index (κ1) is 17.4. The van der Waals surface area contributed by atoms with Crippen LogP contribution >= 0.6 is 11.6 Å². The average Bonchev–Trinajstić information content (AvgIpc) is 2.36. The lowest BCUT2D eigenvalue weighted by Gasteiger charge is -2.13. The molecule has 0 atom stereocenters. The van der Waals surface area contributed by atoms with E-state index in [0.717, 1.165) is 12.8 Å². The molecule has 6 heteroatoms. The summed E-state index contributed by atoms with van der Waals surface area (Å²) in [6.07, 6.45) is 1.77. The van der Waals surface area contributed by atoms with Crippen molar-refractivity contribution in [1.29, 1.82) is 0 Å². The normalized spacial score (nSPS) is 12.1. The maximum Gasteiger partial charge on any atom is 0.240 e. The number of benzene rings is 1. The third-order valence-electron chi connectivity index (χ3n) is 3.14. The Labute approximate surface area is 126 Å². The van der Waals surface area contributed by atoms with Crippen LogP contribution in [0.25, 0.3) is 0 Å². The number of hydrogen-bond donors (Lipinski definition) is 2. The van der Waals surface area contributed by atoms with Gasteiger partial charge in [-0.25, -0.2) is 13.1 Å². The maximum atomic E-state index is 12.3. The van der Waals surface area contributed by atoms with Gasteiger partial charge in [-0.15, -0.1) is 0 Å². The van der Waals surface area contributed by atoms with E-state index in [1.807, 2.05) is 0 Å². The Hall–Kier alpha value is -0.620. The highest BCUT2D eigenvalue weighted by atomic mass is 35.5. The third-order valence-corrected chi connectivity index (χ3v) is 4.95. The topological polar surface area (TPSA) is 66.4 Å². The van der Waals surface area contributed by atoms with Crippen LogP contribution in [-0.2, 0) is 16.6 Å². The zero-order valence-corrected chi connectivity index (χ0v) is 13.7. The molecule has 0 aliphatic carbocycles. The summed E-state index contributed by atoms with van der Waals surface area (Å²) in [7, 11) is -3.59. The van der Waals surface area contributed by atoms with Crippen molar-refractivity contribution in [2.24, 2.45) is 5.92 Å². The van der Waals surface area contributed by atoms with Gasteiger partial charge in [0.15, 0.2) is 0 Å². The molecular formula is C14H22ClNO3S. The number of sulfonamides is 1. The average molecular weight is 320 g/mol. The summed E-state index contributed by atoms with van der Waals surface area (Å²) in [6, 6.07) is 3.00. The Kier molecular flexibility index (Phi) is 6.45. The highest BCUT2D eigenvalue weighted by Crippen LogP contribution is 2.24. The molecule has 0 unspecified atom stereocenters. The van der Waals surface area contributed by atoms with E-state index >= 15 is 0 Å². The summed E-state index contributed by atoms with van der Waals surface area (Å²) in [5, 5.41) is 9.54. The predicted molar refractivity (Wildman–Crippen MR) is 81.4 cm³/mol. The van der Waals surface area contributed by atoms with E-state index in [0.29, 0.717) is 28.6 Å². The van der Waals surface area contributed by atoms with Gasteiger partial charge in [0, 0.05) is 11.6 Å². The molecule has 1 aromatic carbocycles. The highest BCUT2D eigenvalue weighted by molar-refractivity contribution is 7.89. The number of nitrogens with one attached hydrogen (secondary N) is 1. The zero-order chi connectivity index (χ0) is 15.3. The monoisotopic (exact) mass is 319 g/mol. The van der Waals surface area contributed by atoms with E-state index in [1.54, 1.807) is 13.0 Å². The SMILES string of the molecule is Cc1c(CO)cc(Cl)cc1S(=O)(=O)NCCCC(C)C. The van der Waals surface area contributed by atoms with Crippen molar-refractivity contribution in [3.8, 4) is 0 Å². The van der Waals surface area contributed by atoms with Gasteiger partial charge < -0.3 is 5.11 Å². The van der Waals surface area contributed by atoms with Crippen molar-refractivity contribution in [1.82, 2.24) is 4.72 Å². The van der Waals surface area contributed by atoms with Crippen LogP contribution in [0.4, 0.5) is 0 Å². The van der Waals surface area contributed by atoms with Crippen molar-refractivity contribution < 1.29 is 13.5 Å². The van der Waals surface area contributed by atoms with Gasteiger partial charge >= 0.3 is 0 Å². The first-order valence-corrected chi connectivity index (χ1v) is 8.53. The minimum atomic E-state index is -3.59. The second kappa shape index (κ2) is 7.41. The Bertz CT molecular complexity index is 556. The molecule has 0 aliphatic heterocycles. The number of hydrogen-bond acceptors (Lipinski definition) is 3. The third kappa shape index (κ3) is 4.74. The Morgan fingerprint density at radius 2 is 2.00 bits per heavy atom. The molecular weight excluding hydrogens is 298 g/mol. The van der Waals surface area contributed by atoms with E-state index < -0.39 is 10.0 Å². The molecule has 0 spiro atoms. The van der Waals surface area contributed by atoms with Crippen molar-refractivity contribution in [3.63, 3.8) is 0 Å². The summed E-state index contributed by atoms with van der Waals surface area (Å²) >= 11 is 5.91. The van der Waals surface area contributed by atoms with Crippen LogP contribution < -0.4 is 4.72 Å². The molecule has 1 aromatic rings. The molecule has 0 radical (unpaired) electrons. The first-order chi connectivity index (χ1) is 9.27. The highest BCUT2D eigenvalue weighted by Gasteiger charge is 2.19. The van der Waals surface area contributed by atoms with Gasteiger partial charge in [-0.1, -0.05) is 25.4 Å². The number of rotatable bonds is 7. The lowest BCUT2D eigenvalue weighted by molar-refractivity contribution is 0.280. The van der Waals surface area contributed by atoms with E-state index in [9.17, 15) is 13.5 Å². The van der Waals surface area contributed by atoms with Gasteiger partial charge in [-0.3, -0.25) is 0 Å². The quantitative estimate of drug-likeness (QED) is 0.759. The van der Waals surface area contributed by atoms with Crippen molar-refractivity contribution in [2.45, 2.75) is 45.1 Å². The van der Waals surface area contributed by atoms with Crippen LogP contribution in [0, 0.1) is 12.8 Å². The van der Waals surface area contributed by atoms with E-state index in [-0.39, 0.29) is 11.5 Å². The molecule has 0 aliphatic rings. The molecule has 2 N–H and O–H groups in total. The minimum absolute atomic E-state index is 0.138. The summed E-state index contributed by atoms with van der Waals surface area (Å²) in [5.41, 5.74) is 1.06. The van der Waals surface area contributed by atoms with Gasteiger partial charge in [-0.2, -0.15) is 0 Å². The predicted octanol–water partition coefficient (Wildman–Crippen LogP) is 2.86. The standard InChI is InChI=1S/C14H22ClNO3S/c1-10(2)5-4-6-16-20(18,19)14-8-13(15)7-12(9-17)11(14)3/h7-8,10,16-17H,4-6,9H2,1-3H3. The van der Waals surface area contributed by atoms with Gasteiger partial charge in [0.25, 0.3) is 0 Å². The van der Waals surface area contributed by atoms with Crippen LogP contribution in [0.5, 0.6) is 0 Å². The van der Waals surface area contributed by atoms with Gasteiger partial charge in [-0.05, 0) is 48.9 Å². The molecule has 0 heterocycles. The molecule has 114 valence electrons. The second-order valence-corrected chi connectivity index (χ2v) is 7.45. The fraction of sp³-hybridized carbons (Fsp3) is 0.571. The first-order valence-electron chi connectivity index (χ1n) is 6.67. The molecule has 4 nitrogen and oxygen atoms in total. The smallest absolute Gasteiger partial charge is 0.240 e. The van der Waals surface area contributed by atoms with Crippen molar-refractivity contribution >= 4 is 21.6 Å². The summed E-state index contributed by atoms with van der Waals surface area (Å²) in [5.74, 6) is 0.549. The summed E-state index contributed by atoms with van der Waals surface area (Å²) < 4.78 is 27.1. The number of halogens is 1. The summed E-state index contributed by atoms with van der Waals surface area (Å²) in [6.45, 7) is 6.04. The van der Waals surface area contributed by atoms with Crippen LogP contribution in [0.15, 0.2) is 17.0 Å². The fourth-order valence-electron chi connectivity index (χ4n) is 1.95. The zero-order valence-electron chi connectivity index (χ0n) is 12.1. The molecule has 20 heavy (non-hydrogen) atoms. The van der Waals surface area contributed by atoms with Crippen molar-refractivity contribution in [2.75, 3.05) is 6.54 Å². The van der Waals surface area contributed by atoms with E-state index in [1.165, 1.54) is 6.07 Å². The molecule has 0 bridgehead atoms. The van der Waals surface area contributed by atoms with Crippen molar-refractivity contribution in [3.05, 3.63) is 28.3 Å². The number of aliphatic hydroxyl groups is 1. The van der Waals surface area contributed by atoms with Gasteiger partial charge in [0.1, 0.15) is 0 Å². The van der Waals surface area contributed by atoms with Gasteiger partial charge in [0.05, 0.1) is 11.5 Å². The Balaban J connectivity index is 2.90. The van der Waals surface area contributed by atoms with Crippen LogP contribution in [-0.4, -0.2) is 20.1 Å².